The molecule has 0 bridgehead atoms. The molecule has 206 valence electrons. The minimum atomic E-state index is -3.41. The van der Waals surface area contributed by atoms with Crippen molar-refractivity contribution < 1.29 is 13.6 Å². The third-order valence-corrected chi connectivity index (χ3v) is 11.9. The number of hydrogen-bond donors (Lipinski definition) is 0. The van der Waals surface area contributed by atoms with Gasteiger partial charge in [-0.2, -0.15) is 0 Å². The van der Waals surface area contributed by atoms with Crippen molar-refractivity contribution in [3.63, 3.8) is 0 Å². The molecule has 0 saturated carbocycles. The molecule has 2 rings (SSSR count). The van der Waals surface area contributed by atoms with Gasteiger partial charge >= 0.3 is 7.60 Å². The SMILES string of the molecule is CCCCCCCCCCOP(=O)(OCCCCCCCCCC)c1cc(Br)sc1-c1ccc(Br)s1. The minimum absolute atomic E-state index is 0.477. The second-order valence-corrected chi connectivity index (χ2v) is 16.4. The highest BCUT2D eigenvalue weighted by Gasteiger charge is 2.33. The molecule has 0 aliphatic rings. The molecule has 2 heterocycles. The van der Waals surface area contributed by atoms with Gasteiger partial charge in [-0.15, -0.1) is 22.7 Å². The summed E-state index contributed by atoms with van der Waals surface area (Å²) in [6.45, 7) is 5.46. The van der Waals surface area contributed by atoms with Gasteiger partial charge in [-0.25, -0.2) is 0 Å². The Balaban J connectivity index is 1.92. The number of halogens is 2. The van der Waals surface area contributed by atoms with Crippen LogP contribution in [0.4, 0.5) is 0 Å². The van der Waals surface area contributed by atoms with E-state index in [0.29, 0.717) is 18.5 Å². The Morgan fingerprint density at radius 2 is 1.14 bits per heavy atom. The van der Waals surface area contributed by atoms with Crippen molar-refractivity contribution in [2.75, 3.05) is 13.2 Å². The molecule has 0 spiro atoms. The summed E-state index contributed by atoms with van der Waals surface area (Å²) >= 11 is 10.4. The van der Waals surface area contributed by atoms with Crippen LogP contribution in [0.25, 0.3) is 9.75 Å². The normalized spacial score (nSPS) is 12.0. The van der Waals surface area contributed by atoms with Crippen LogP contribution in [0.3, 0.4) is 0 Å². The Bertz CT molecular complexity index is 858. The van der Waals surface area contributed by atoms with E-state index in [1.54, 1.807) is 22.7 Å². The van der Waals surface area contributed by atoms with Crippen molar-refractivity contribution in [2.24, 2.45) is 0 Å². The van der Waals surface area contributed by atoms with Crippen molar-refractivity contribution in [1.29, 1.82) is 0 Å². The minimum Gasteiger partial charge on any atom is -0.305 e. The van der Waals surface area contributed by atoms with E-state index in [1.165, 1.54) is 77.0 Å². The average molecular weight is 685 g/mol. The molecule has 0 aliphatic heterocycles. The van der Waals surface area contributed by atoms with Gasteiger partial charge in [0.25, 0.3) is 0 Å². The van der Waals surface area contributed by atoms with Crippen molar-refractivity contribution in [2.45, 2.75) is 117 Å². The summed E-state index contributed by atoms with van der Waals surface area (Å²) in [5.74, 6) is 0. The first kappa shape index (κ1) is 32.7. The fraction of sp³-hybridized carbons (Fsp3) is 0.714. The molecule has 2 aromatic heterocycles. The molecule has 8 heteroatoms. The summed E-state index contributed by atoms with van der Waals surface area (Å²) in [5.41, 5.74) is 0. The maximum atomic E-state index is 14.2. The molecule has 0 saturated heterocycles. The van der Waals surface area contributed by atoms with E-state index in [0.717, 1.165) is 43.0 Å². The van der Waals surface area contributed by atoms with Gasteiger partial charge in [0, 0.05) is 4.88 Å². The van der Waals surface area contributed by atoms with E-state index in [-0.39, 0.29) is 0 Å². The third-order valence-electron chi connectivity index (χ3n) is 6.29. The maximum Gasteiger partial charge on any atom is 0.362 e. The summed E-state index contributed by atoms with van der Waals surface area (Å²) < 4.78 is 28.4. The molecule has 0 N–H and O–H groups in total. The van der Waals surface area contributed by atoms with Gasteiger partial charge in [-0.05, 0) is 62.9 Å². The molecule has 0 radical (unpaired) electrons. The first-order valence-electron chi connectivity index (χ1n) is 13.9. The lowest BCUT2D eigenvalue weighted by Gasteiger charge is -2.19. The molecule has 0 unspecified atom stereocenters. The molecular weight excluding hydrogens is 639 g/mol. The van der Waals surface area contributed by atoms with Gasteiger partial charge in [0.1, 0.15) is 0 Å². The molecule has 0 amide bonds. The zero-order chi connectivity index (χ0) is 26.1. The van der Waals surface area contributed by atoms with Gasteiger partial charge in [0.2, 0.25) is 0 Å². The van der Waals surface area contributed by atoms with Crippen LogP contribution >= 0.6 is 62.1 Å². The standard InChI is InChI=1S/C28H45Br2O3PS2/c1-3-5-7-9-11-13-15-17-21-32-34(31,33-22-18-16-14-12-10-8-6-4-2)24-23-27(30)36-28(24)25-19-20-26(29)35-25/h19-20,23H,3-18,21-22H2,1-2H3. The highest BCUT2D eigenvalue weighted by Crippen LogP contribution is 2.53. The van der Waals surface area contributed by atoms with Crippen LogP contribution in [0.2, 0.25) is 0 Å². The molecular formula is C28H45Br2O3PS2. The van der Waals surface area contributed by atoms with Crippen LogP contribution in [-0.2, 0) is 13.6 Å². The van der Waals surface area contributed by atoms with Crippen LogP contribution in [0.15, 0.2) is 25.8 Å². The number of hydrogen-bond acceptors (Lipinski definition) is 5. The highest BCUT2D eigenvalue weighted by molar-refractivity contribution is 9.11. The van der Waals surface area contributed by atoms with Gasteiger partial charge in [-0.3, -0.25) is 4.57 Å². The van der Waals surface area contributed by atoms with E-state index in [9.17, 15) is 4.57 Å². The predicted octanol–water partition coefficient (Wildman–Crippen LogP) is 12.1. The molecule has 36 heavy (non-hydrogen) atoms. The number of unbranched alkanes of at least 4 members (excludes halogenated alkanes) is 14. The summed E-state index contributed by atoms with van der Waals surface area (Å²) in [5, 5.41) is 0.702. The van der Waals surface area contributed by atoms with Crippen molar-refractivity contribution in [3.8, 4) is 9.75 Å². The zero-order valence-electron chi connectivity index (χ0n) is 22.2. The monoisotopic (exact) mass is 682 g/mol. The molecule has 0 fully saturated rings. The first-order valence-corrected chi connectivity index (χ1v) is 18.7. The van der Waals surface area contributed by atoms with Gasteiger partial charge in [0.05, 0.1) is 31.0 Å². The van der Waals surface area contributed by atoms with Crippen LogP contribution < -0.4 is 5.30 Å². The molecule has 0 atom stereocenters. The van der Waals surface area contributed by atoms with Gasteiger partial charge in [0.15, 0.2) is 0 Å². The lowest BCUT2D eigenvalue weighted by atomic mass is 10.1. The Morgan fingerprint density at radius 3 is 1.58 bits per heavy atom. The van der Waals surface area contributed by atoms with E-state index in [4.69, 9.17) is 9.05 Å². The Kier molecular flexibility index (Phi) is 17.8. The van der Waals surface area contributed by atoms with E-state index in [2.05, 4.69) is 51.8 Å². The third kappa shape index (κ3) is 12.6. The van der Waals surface area contributed by atoms with Crippen molar-refractivity contribution in [1.82, 2.24) is 0 Å². The van der Waals surface area contributed by atoms with Crippen LogP contribution in [0, 0.1) is 0 Å². The lowest BCUT2D eigenvalue weighted by molar-refractivity contribution is 0.206. The van der Waals surface area contributed by atoms with Crippen LogP contribution in [-0.4, -0.2) is 13.2 Å². The maximum absolute atomic E-state index is 14.2. The van der Waals surface area contributed by atoms with Crippen LogP contribution in [0.1, 0.15) is 117 Å². The quantitative estimate of drug-likeness (QED) is 0.0915. The summed E-state index contributed by atoms with van der Waals surface area (Å²) in [7, 11) is -3.41. The van der Waals surface area contributed by atoms with Crippen molar-refractivity contribution in [3.05, 3.63) is 25.8 Å². The topological polar surface area (TPSA) is 35.5 Å². The molecule has 0 aromatic carbocycles. The smallest absolute Gasteiger partial charge is 0.305 e. The van der Waals surface area contributed by atoms with Gasteiger partial charge in [-0.1, -0.05) is 104 Å². The zero-order valence-corrected chi connectivity index (χ0v) is 27.9. The second-order valence-electron chi connectivity index (χ2n) is 9.48. The lowest BCUT2D eigenvalue weighted by Crippen LogP contribution is -2.12. The molecule has 2 aromatic rings. The molecule has 0 aliphatic carbocycles. The number of rotatable bonds is 22. The molecule has 3 nitrogen and oxygen atoms in total. The summed E-state index contributed by atoms with van der Waals surface area (Å²) in [4.78, 5) is 2.06. The Morgan fingerprint density at radius 1 is 0.667 bits per heavy atom. The van der Waals surface area contributed by atoms with E-state index < -0.39 is 7.60 Å². The average Bonchev–Trinajstić information content (AvgIpc) is 3.47. The Labute approximate surface area is 244 Å². The highest BCUT2D eigenvalue weighted by atomic mass is 79.9. The fourth-order valence-corrected chi connectivity index (χ4v) is 9.76. The Hall–Kier alpha value is 0.510. The summed E-state index contributed by atoms with van der Waals surface area (Å²) in [6.07, 6.45) is 19.6. The van der Waals surface area contributed by atoms with E-state index in [1.807, 2.05) is 12.1 Å². The second kappa shape index (κ2) is 19.6. The van der Waals surface area contributed by atoms with Gasteiger partial charge < -0.3 is 9.05 Å². The predicted molar refractivity (Wildman–Crippen MR) is 167 cm³/mol. The van der Waals surface area contributed by atoms with Crippen molar-refractivity contribution >= 4 is 67.4 Å². The first-order chi connectivity index (χ1) is 17.5. The van der Waals surface area contributed by atoms with Crippen LogP contribution in [0.5, 0.6) is 0 Å². The summed E-state index contributed by atoms with van der Waals surface area (Å²) in [6, 6.07) is 6.04. The number of thiophene rings is 2. The largest absolute Gasteiger partial charge is 0.362 e. The fourth-order valence-electron chi connectivity index (χ4n) is 4.19. The van der Waals surface area contributed by atoms with E-state index >= 15 is 0 Å².